The largest absolute Gasteiger partial charge is 0.495 e. The van der Waals surface area contributed by atoms with Crippen molar-refractivity contribution in [3.8, 4) is 11.5 Å². The molecule has 0 radical (unpaired) electrons. The van der Waals surface area contributed by atoms with Gasteiger partial charge in [0.1, 0.15) is 11.5 Å². The van der Waals surface area contributed by atoms with Gasteiger partial charge in [0.2, 0.25) is 0 Å². The van der Waals surface area contributed by atoms with Crippen LogP contribution in [0.4, 0.5) is 5.69 Å². The summed E-state index contributed by atoms with van der Waals surface area (Å²) < 4.78 is 37.1. The van der Waals surface area contributed by atoms with Crippen LogP contribution in [0.15, 0.2) is 41.8 Å². The van der Waals surface area contributed by atoms with Crippen LogP contribution in [0, 0.1) is 0 Å². The lowest BCUT2D eigenvalue weighted by Gasteiger charge is -2.13. The average Bonchev–Trinajstić information content (AvgIpc) is 2.55. The number of anilines is 1. The zero-order chi connectivity index (χ0) is 17.7. The quantitative estimate of drug-likeness (QED) is 0.796. The predicted molar refractivity (Wildman–Crippen MR) is 97.6 cm³/mol. The molecular weight excluding hydrogens is 373 g/mol. The molecule has 128 valence electrons. The van der Waals surface area contributed by atoms with Gasteiger partial charge in [-0.2, -0.15) is 0 Å². The Labute approximate surface area is 150 Å². The molecule has 0 heterocycles. The van der Waals surface area contributed by atoms with E-state index in [-0.39, 0.29) is 11.4 Å². The summed E-state index contributed by atoms with van der Waals surface area (Å²) in [7, 11) is -0.902. The maximum Gasteiger partial charge on any atom is 0.255 e. The molecule has 0 saturated heterocycles. The van der Waals surface area contributed by atoms with Crippen LogP contribution < -0.4 is 14.2 Å². The molecule has 24 heavy (non-hydrogen) atoms. The van der Waals surface area contributed by atoms with Crippen molar-refractivity contribution in [3.05, 3.63) is 57.4 Å². The molecule has 0 amide bonds. The predicted octanol–water partition coefficient (Wildman–Crippen LogP) is 4.42. The van der Waals surface area contributed by atoms with Crippen molar-refractivity contribution in [1.82, 2.24) is 0 Å². The maximum atomic E-state index is 12.2. The Hall–Kier alpha value is -1.89. The maximum absolute atomic E-state index is 12.2. The topological polar surface area (TPSA) is 64.6 Å². The summed E-state index contributed by atoms with van der Waals surface area (Å²) in [5, 5.41) is 1.94. The van der Waals surface area contributed by atoms with E-state index in [1.807, 2.05) is 0 Å². The molecule has 0 aliphatic heterocycles. The van der Waals surface area contributed by atoms with Crippen molar-refractivity contribution in [1.29, 1.82) is 0 Å². The third kappa shape index (κ3) is 4.80. The SMILES string of the molecule is COc1cc(NS(=O)(=O)/C=C/c2ccc(Cl)cc2)c(OC)cc1Cl. The molecule has 0 aromatic heterocycles. The fourth-order valence-electron chi connectivity index (χ4n) is 1.87. The third-order valence-electron chi connectivity index (χ3n) is 3.04. The number of benzene rings is 2. The van der Waals surface area contributed by atoms with E-state index in [1.165, 1.54) is 32.4 Å². The molecule has 0 saturated carbocycles. The van der Waals surface area contributed by atoms with Crippen molar-refractivity contribution >= 4 is 45.0 Å². The van der Waals surface area contributed by atoms with Crippen LogP contribution in [0.5, 0.6) is 11.5 Å². The fraction of sp³-hybridized carbons (Fsp3) is 0.125. The zero-order valence-electron chi connectivity index (χ0n) is 12.9. The Morgan fingerprint density at radius 1 is 1.00 bits per heavy atom. The molecular formula is C16H15Cl2NO4S. The lowest BCUT2D eigenvalue weighted by atomic mass is 10.2. The Bertz CT molecular complexity index is 849. The molecule has 2 rings (SSSR count). The van der Waals surface area contributed by atoms with Gasteiger partial charge in [-0.1, -0.05) is 35.3 Å². The van der Waals surface area contributed by atoms with E-state index in [4.69, 9.17) is 32.7 Å². The summed E-state index contributed by atoms with van der Waals surface area (Å²) in [6.45, 7) is 0. The van der Waals surface area contributed by atoms with E-state index in [0.717, 1.165) is 5.41 Å². The van der Waals surface area contributed by atoms with Crippen molar-refractivity contribution in [3.63, 3.8) is 0 Å². The second kappa shape index (κ2) is 7.79. The van der Waals surface area contributed by atoms with Crippen LogP contribution in [0.1, 0.15) is 5.56 Å². The van der Waals surface area contributed by atoms with Crippen LogP contribution in [-0.4, -0.2) is 22.6 Å². The Balaban J connectivity index is 2.27. The highest BCUT2D eigenvalue weighted by atomic mass is 35.5. The van der Waals surface area contributed by atoms with E-state index >= 15 is 0 Å². The van der Waals surface area contributed by atoms with Crippen LogP contribution in [-0.2, 0) is 10.0 Å². The van der Waals surface area contributed by atoms with Gasteiger partial charge >= 0.3 is 0 Å². The second-order valence-electron chi connectivity index (χ2n) is 4.69. The van der Waals surface area contributed by atoms with E-state index in [2.05, 4.69) is 4.72 Å². The summed E-state index contributed by atoms with van der Waals surface area (Å²) in [6.07, 6.45) is 1.46. The Kier molecular flexibility index (Phi) is 5.99. The molecule has 0 atom stereocenters. The van der Waals surface area contributed by atoms with E-state index < -0.39 is 10.0 Å². The normalized spacial score (nSPS) is 11.5. The highest BCUT2D eigenvalue weighted by Crippen LogP contribution is 2.36. The molecule has 5 nitrogen and oxygen atoms in total. The van der Waals surface area contributed by atoms with Gasteiger partial charge in [-0.05, 0) is 23.8 Å². The number of halogens is 2. The molecule has 0 aliphatic rings. The first-order valence-electron chi connectivity index (χ1n) is 6.72. The van der Waals surface area contributed by atoms with Gasteiger partial charge in [-0.3, -0.25) is 4.72 Å². The smallest absolute Gasteiger partial charge is 0.255 e. The molecule has 0 unspecified atom stereocenters. The number of rotatable bonds is 6. The number of methoxy groups -OCH3 is 2. The van der Waals surface area contributed by atoms with Crippen molar-refractivity contribution in [2.75, 3.05) is 18.9 Å². The number of nitrogens with one attached hydrogen (secondary N) is 1. The molecule has 8 heteroatoms. The lowest BCUT2D eigenvalue weighted by Crippen LogP contribution is -2.10. The number of hydrogen-bond acceptors (Lipinski definition) is 4. The number of sulfonamides is 1. The van der Waals surface area contributed by atoms with E-state index in [1.54, 1.807) is 24.3 Å². The molecule has 0 aliphatic carbocycles. The Morgan fingerprint density at radius 2 is 1.62 bits per heavy atom. The van der Waals surface area contributed by atoms with Gasteiger partial charge in [-0.15, -0.1) is 0 Å². The van der Waals surface area contributed by atoms with Gasteiger partial charge in [-0.25, -0.2) is 8.42 Å². The summed E-state index contributed by atoms with van der Waals surface area (Å²) in [5.74, 6) is 0.612. The first kappa shape index (κ1) is 18.4. The standard InChI is InChI=1S/C16H15Cl2NO4S/c1-22-15-10-14(16(23-2)9-13(15)18)19-24(20,21)8-7-11-3-5-12(17)6-4-11/h3-10,19H,1-2H3/b8-7+. The van der Waals surface area contributed by atoms with Gasteiger partial charge in [0.25, 0.3) is 10.0 Å². The third-order valence-corrected chi connectivity index (χ3v) is 4.58. The summed E-state index contributed by atoms with van der Waals surface area (Å²) in [4.78, 5) is 0. The summed E-state index contributed by atoms with van der Waals surface area (Å²) >= 11 is 11.8. The van der Waals surface area contributed by atoms with Crippen molar-refractivity contribution in [2.24, 2.45) is 0 Å². The van der Waals surface area contributed by atoms with Crippen LogP contribution >= 0.6 is 23.2 Å². The minimum absolute atomic E-state index is 0.222. The van der Waals surface area contributed by atoms with Crippen molar-refractivity contribution < 1.29 is 17.9 Å². The fourth-order valence-corrected chi connectivity index (χ4v) is 3.10. The minimum atomic E-state index is -3.76. The molecule has 2 aromatic carbocycles. The van der Waals surface area contributed by atoms with Crippen LogP contribution in [0.25, 0.3) is 6.08 Å². The molecule has 0 bridgehead atoms. The lowest BCUT2D eigenvalue weighted by molar-refractivity contribution is 0.405. The van der Waals surface area contributed by atoms with Gasteiger partial charge in [0.05, 0.1) is 30.3 Å². The Morgan fingerprint density at radius 3 is 2.21 bits per heavy atom. The van der Waals surface area contributed by atoms with Gasteiger partial charge in [0, 0.05) is 17.2 Å². The summed E-state index contributed by atoms with van der Waals surface area (Å²) in [5.41, 5.74) is 0.921. The van der Waals surface area contributed by atoms with Crippen LogP contribution in [0.2, 0.25) is 10.0 Å². The minimum Gasteiger partial charge on any atom is -0.495 e. The molecule has 0 spiro atoms. The number of hydrogen-bond donors (Lipinski definition) is 1. The van der Waals surface area contributed by atoms with E-state index in [0.29, 0.717) is 21.4 Å². The highest BCUT2D eigenvalue weighted by molar-refractivity contribution is 7.95. The monoisotopic (exact) mass is 387 g/mol. The second-order valence-corrected chi connectivity index (χ2v) is 7.10. The first-order chi connectivity index (χ1) is 11.3. The molecule has 2 aromatic rings. The van der Waals surface area contributed by atoms with Crippen molar-refractivity contribution in [2.45, 2.75) is 0 Å². The zero-order valence-corrected chi connectivity index (χ0v) is 15.2. The average molecular weight is 388 g/mol. The van der Waals surface area contributed by atoms with Gasteiger partial charge < -0.3 is 9.47 Å². The number of ether oxygens (including phenoxy) is 2. The first-order valence-corrected chi connectivity index (χ1v) is 9.03. The highest BCUT2D eigenvalue weighted by Gasteiger charge is 2.14. The van der Waals surface area contributed by atoms with E-state index in [9.17, 15) is 8.42 Å². The summed E-state index contributed by atoms with van der Waals surface area (Å²) in [6, 6.07) is 9.69. The molecule has 1 N–H and O–H groups in total. The van der Waals surface area contributed by atoms with Crippen LogP contribution in [0.3, 0.4) is 0 Å². The van der Waals surface area contributed by atoms with Gasteiger partial charge in [0.15, 0.2) is 0 Å². The molecule has 0 fully saturated rings.